The van der Waals surface area contributed by atoms with Gasteiger partial charge in [-0.15, -0.1) is 0 Å². The Morgan fingerprint density at radius 1 is 0.826 bits per heavy atom. The smallest absolute Gasteiger partial charge is 0.237 e. The summed E-state index contributed by atoms with van der Waals surface area (Å²) in [5.74, 6) is -1.74. The summed E-state index contributed by atoms with van der Waals surface area (Å²) in [7, 11) is 0. The Morgan fingerprint density at radius 3 is 2.04 bits per heavy atom. The molecular weight excluding hydrogens is 822 g/mol. The third kappa shape index (κ3) is 4.48. The van der Waals surface area contributed by atoms with Gasteiger partial charge in [0.25, 0.3) is 0 Å². The highest BCUT2D eigenvalue weighted by Gasteiger charge is 2.50. The number of hydrogen-bond acceptors (Lipinski definition) is 4. The predicted octanol–water partition coefficient (Wildman–Crippen LogP) is 9.68. The van der Waals surface area contributed by atoms with Crippen LogP contribution in [0.3, 0.4) is 0 Å². The van der Waals surface area contributed by atoms with Crippen molar-refractivity contribution in [3.63, 3.8) is 0 Å². The second-order valence-electron chi connectivity index (χ2n) is 13.1. The van der Waals surface area contributed by atoms with Gasteiger partial charge in [-0.1, -0.05) is 92.2 Å². The Balaban J connectivity index is 1.42. The van der Waals surface area contributed by atoms with Gasteiger partial charge in [0, 0.05) is 28.1 Å². The zero-order chi connectivity index (χ0) is 32.9. The van der Waals surface area contributed by atoms with E-state index >= 15 is 0 Å². The van der Waals surface area contributed by atoms with E-state index in [9.17, 15) is 14.7 Å². The van der Waals surface area contributed by atoms with E-state index in [4.69, 9.17) is 11.6 Å². The molecule has 0 aromatic heterocycles. The van der Waals surface area contributed by atoms with Gasteiger partial charge in [-0.3, -0.25) is 9.59 Å². The van der Waals surface area contributed by atoms with Crippen molar-refractivity contribution in [3.8, 4) is 0 Å². The van der Waals surface area contributed by atoms with Gasteiger partial charge < -0.3 is 10.0 Å². The fourth-order valence-corrected chi connectivity index (χ4v) is 8.60. The summed E-state index contributed by atoms with van der Waals surface area (Å²) in [4.78, 5) is 29.4. The molecule has 4 aromatic rings. The van der Waals surface area contributed by atoms with Crippen LogP contribution in [-0.4, -0.2) is 34.5 Å². The van der Waals surface area contributed by atoms with Gasteiger partial charge in [-0.2, -0.15) is 4.58 Å². The Kier molecular flexibility index (Phi) is 7.38. The Hall–Kier alpha value is -3.02. The second-order valence-corrected chi connectivity index (χ2v) is 20.1. The number of nitrogens with zero attached hydrogens (tertiary/aromatic N) is 2. The number of ketones is 2. The monoisotopic (exact) mass is 853 g/mol. The van der Waals surface area contributed by atoms with Gasteiger partial charge in [0.05, 0.1) is 27.6 Å². The van der Waals surface area contributed by atoms with Gasteiger partial charge in [-0.25, -0.2) is 0 Å². The van der Waals surface area contributed by atoms with Gasteiger partial charge in [-0.05, 0) is 94.4 Å². The molecule has 7 rings (SSSR count). The molecule has 0 amide bonds. The minimum atomic E-state index is -0.936. The van der Waals surface area contributed by atoms with Crippen molar-refractivity contribution < 1.29 is 19.3 Å². The van der Waals surface area contributed by atoms with Gasteiger partial charge in [0.2, 0.25) is 18.3 Å². The molecule has 0 saturated heterocycles. The van der Waals surface area contributed by atoms with Crippen molar-refractivity contribution in [3.05, 3.63) is 119 Å². The van der Waals surface area contributed by atoms with Gasteiger partial charge in [0.1, 0.15) is 12.3 Å². The van der Waals surface area contributed by atoms with Gasteiger partial charge in [0.15, 0.2) is 5.71 Å². The molecule has 1 aliphatic carbocycles. The molecule has 4 aromatic carbocycles. The summed E-state index contributed by atoms with van der Waals surface area (Å²) >= 11 is 11.4. The predicted molar refractivity (Wildman–Crippen MR) is 204 cm³/mol. The summed E-state index contributed by atoms with van der Waals surface area (Å²) in [6.45, 7) is 11.1. The Labute approximate surface area is 300 Å². The third-order valence-electron chi connectivity index (χ3n) is 9.79. The quantitative estimate of drug-likeness (QED) is 0.0555. The van der Waals surface area contributed by atoms with Crippen molar-refractivity contribution in [2.45, 2.75) is 46.5 Å². The normalized spacial score (nSPS) is 20.7. The standard InChI is InChI=1S/C38H31ClI2N2O3/c1-6-42-29(36(2,3)27-17-15-21-11-7-9-13-23(21)31(27)42)19-25-33(44)26(35(46)34(25)45)20-30-37(4,5)28-18-16-22-12-8-10-14-24(22)32(28)43(30)38(39,40)41/h7-20H,6H2,1-5H3/p+1. The summed E-state index contributed by atoms with van der Waals surface area (Å²) in [5.41, 5.74) is 4.77. The second kappa shape index (κ2) is 10.8. The first-order chi connectivity index (χ1) is 21.7. The summed E-state index contributed by atoms with van der Waals surface area (Å²) in [6.07, 6.45) is 3.39. The molecule has 0 unspecified atom stereocenters. The number of carbonyl (C=O) groups is 2. The first-order valence-corrected chi connectivity index (χ1v) is 17.8. The zero-order valence-corrected chi connectivity index (χ0v) is 31.2. The van der Waals surface area contributed by atoms with E-state index in [2.05, 4.69) is 133 Å². The molecule has 3 aliphatic rings. The lowest BCUT2D eigenvalue weighted by molar-refractivity contribution is -0.431. The largest absolute Gasteiger partial charge is 0.506 e. The number of Topliss-reactive ketones (excluding diaryl/α,β-unsaturated/α-hetero) is 2. The molecule has 0 fully saturated rings. The number of allylic oxidation sites excluding steroid dienone is 5. The molecule has 2 aliphatic heterocycles. The van der Waals surface area contributed by atoms with Crippen LogP contribution in [0.2, 0.25) is 0 Å². The number of rotatable bonds is 4. The maximum absolute atomic E-state index is 13.7. The van der Waals surface area contributed by atoms with Crippen LogP contribution in [0.4, 0.5) is 11.4 Å². The molecule has 0 radical (unpaired) electrons. The van der Waals surface area contributed by atoms with Crippen LogP contribution in [0.5, 0.6) is 0 Å². The number of alkyl halides is 3. The number of carbonyl (C=O) groups excluding carboxylic acids is 2. The molecule has 46 heavy (non-hydrogen) atoms. The molecule has 1 N–H and O–H groups in total. The number of aliphatic hydroxyl groups excluding tert-OH is 1. The van der Waals surface area contributed by atoms with Crippen LogP contribution in [0.1, 0.15) is 45.7 Å². The number of anilines is 1. The summed E-state index contributed by atoms with van der Waals surface area (Å²) < 4.78 is 1.26. The van der Waals surface area contributed by atoms with E-state index in [1.165, 1.54) is 0 Å². The molecule has 232 valence electrons. The fraction of sp³-hybridized carbons (Fsp3) is 0.237. The number of fused-ring (bicyclic) bond motifs is 6. The highest BCUT2D eigenvalue weighted by atomic mass is 127. The minimum absolute atomic E-state index is 0.0156. The molecule has 8 heteroatoms. The maximum atomic E-state index is 13.7. The van der Waals surface area contributed by atoms with Crippen molar-refractivity contribution in [1.29, 1.82) is 0 Å². The molecule has 2 heterocycles. The van der Waals surface area contributed by atoms with E-state index in [1.54, 1.807) is 12.2 Å². The maximum Gasteiger partial charge on any atom is 0.237 e. The van der Waals surface area contributed by atoms with Crippen LogP contribution in [0.25, 0.3) is 21.5 Å². The van der Waals surface area contributed by atoms with Crippen LogP contribution >= 0.6 is 56.8 Å². The SMILES string of the molecule is CC[N+]1=C(/C=C2\C(=O)C(=O)C(/C=C3\N(C(Cl)(I)I)c4c(ccc5ccccc45)C3(C)C)=C2O)C(C)(C)c2ccc3ccccc3c21. The van der Waals surface area contributed by atoms with Crippen LogP contribution < -0.4 is 4.90 Å². The van der Waals surface area contributed by atoms with E-state index in [0.29, 0.717) is 6.54 Å². The molecule has 0 saturated carbocycles. The first-order valence-electron chi connectivity index (χ1n) is 15.2. The average Bonchev–Trinajstić information content (AvgIpc) is 3.48. The highest BCUT2D eigenvalue weighted by Crippen LogP contribution is 2.58. The van der Waals surface area contributed by atoms with Crippen LogP contribution in [0, 0.1) is 0 Å². The lowest BCUT2D eigenvalue weighted by Crippen LogP contribution is -2.35. The molecule has 0 atom stereocenters. The molecule has 0 spiro atoms. The van der Waals surface area contributed by atoms with E-state index in [0.717, 1.165) is 55.5 Å². The summed E-state index contributed by atoms with van der Waals surface area (Å²) in [6, 6.07) is 24.9. The Bertz CT molecular complexity index is 2180. The topological polar surface area (TPSA) is 60.6 Å². The minimum Gasteiger partial charge on any atom is -0.506 e. The van der Waals surface area contributed by atoms with E-state index in [-0.39, 0.29) is 16.9 Å². The Morgan fingerprint density at radius 2 is 1.41 bits per heavy atom. The average molecular weight is 854 g/mol. The van der Waals surface area contributed by atoms with Crippen molar-refractivity contribution in [2.24, 2.45) is 0 Å². The fourth-order valence-electron chi connectivity index (χ4n) is 7.43. The molecule has 0 bridgehead atoms. The number of halogens is 3. The van der Waals surface area contributed by atoms with Crippen molar-refractivity contribution in [2.75, 3.05) is 11.4 Å². The number of aliphatic hydroxyl groups is 1. The third-order valence-corrected chi connectivity index (χ3v) is 10.9. The molecule has 5 nitrogen and oxygen atoms in total. The van der Waals surface area contributed by atoms with Crippen LogP contribution in [0.15, 0.2) is 108 Å². The lowest BCUT2D eigenvalue weighted by Gasteiger charge is -2.33. The number of hydrogen-bond donors (Lipinski definition) is 1. The lowest BCUT2D eigenvalue weighted by atomic mass is 9.80. The van der Waals surface area contributed by atoms with Crippen molar-refractivity contribution >= 4 is 107 Å². The van der Waals surface area contributed by atoms with E-state index < -0.39 is 23.4 Å². The summed E-state index contributed by atoms with van der Waals surface area (Å²) in [5, 5.41) is 16.1. The van der Waals surface area contributed by atoms with Crippen molar-refractivity contribution in [1.82, 2.24) is 0 Å². The van der Waals surface area contributed by atoms with Gasteiger partial charge >= 0.3 is 0 Å². The van der Waals surface area contributed by atoms with E-state index in [1.807, 2.05) is 29.2 Å². The first kappa shape index (κ1) is 31.6. The highest BCUT2D eigenvalue weighted by molar-refractivity contribution is 14.2. The van der Waals surface area contributed by atoms with Crippen LogP contribution in [-0.2, 0) is 20.4 Å². The zero-order valence-electron chi connectivity index (χ0n) is 26.1. The molecular formula is C38H32ClI2N2O3+. The number of benzene rings is 4.